The number of benzene rings is 1. The molecule has 1 aliphatic heterocycles. The Morgan fingerprint density at radius 2 is 1.87 bits per heavy atom. The maximum Gasteiger partial charge on any atom is 0.223 e. The van der Waals surface area contributed by atoms with Crippen LogP contribution in [0.15, 0.2) is 24.3 Å². The van der Waals surface area contributed by atoms with E-state index in [9.17, 15) is 9.18 Å². The quantitative estimate of drug-likeness (QED) is 0.751. The van der Waals surface area contributed by atoms with Gasteiger partial charge in [0.05, 0.1) is 0 Å². The molecule has 2 heterocycles. The van der Waals surface area contributed by atoms with Gasteiger partial charge in [0.1, 0.15) is 17.5 Å². The van der Waals surface area contributed by atoms with Crippen LogP contribution in [-0.4, -0.2) is 47.0 Å². The third kappa shape index (κ3) is 5.77. The molecule has 3 rings (SSSR count). The fourth-order valence-electron chi connectivity index (χ4n) is 3.98. The molecule has 0 bridgehead atoms. The smallest absolute Gasteiger partial charge is 0.223 e. The standard InChI is InChI=1S/C24H33FN4O/c1-17-21(15-19-8-6-9-20(25)14-19)23(27-18(2)26-17)29-11-7-10-28(12-13-29)22(30)16-24(3,4)5/h6,8-9,14H,7,10-13,15-16H2,1-5H3. The van der Waals surface area contributed by atoms with Crippen molar-refractivity contribution < 1.29 is 9.18 Å². The Labute approximate surface area is 179 Å². The summed E-state index contributed by atoms with van der Waals surface area (Å²) in [5, 5.41) is 0. The Kier molecular flexibility index (Phi) is 6.74. The minimum Gasteiger partial charge on any atom is -0.354 e. The minimum absolute atomic E-state index is 0.0118. The molecule has 1 aliphatic rings. The topological polar surface area (TPSA) is 49.3 Å². The molecule has 0 unspecified atom stereocenters. The molecule has 1 aromatic carbocycles. The summed E-state index contributed by atoms with van der Waals surface area (Å²) in [6, 6.07) is 6.69. The van der Waals surface area contributed by atoms with E-state index in [2.05, 4.69) is 30.7 Å². The summed E-state index contributed by atoms with van der Waals surface area (Å²) in [5.74, 6) is 1.63. The van der Waals surface area contributed by atoms with Crippen molar-refractivity contribution in [1.29, 1.82) is 0 Å². The summed E-state index contributed by atoms with van der Waals surface area (Å²) < 4.78 is 13.7. The second-order valence-electron chi connectivity index (χ2n) is 9.42. The zero-order valence-electron chi connectivity index (χ0n) is 18.8. The Balaban J connectivity index is 1.82. The van der Waals surface area contributed by atoms with Gasteiger partial charge in [-0.3, -0.25) is 4.79 Å². The number of hydrogen-bond donors (Lipinski definition) is 0. The van der Waals surface area contributed by atoms with E-state index in [1.807, 2.05) is 24.8 Å². The van der Waals surface area contributed by atoms with Crippen LogP contribution in [-0.2, 0) is 11.2 Å². The molecule has 0 saturated carbocycles. The number of amides is 1. The second kappa shape index (κ2) is 9.11. The molecule has 2 aromatic rings. The first-order valence-corrected chi connectivity index (χ1v) is 10.7. The molecule has 1 aromatic heterocycles. The van der Waals surface area contributed by atoms with Gasteiger partial charge < -0.3 is 9.80 Å². The van der Waals surface area contributed by atoms with Gasteiger partial charge in [0, 0.05) is 50.3 Å². The number of hydrogen-bond acceptors (Lipinski definition) is 4. The van der Waals surface area contributed by atoms with E-state index in [0.29, 0.717) is 19.4 Å². The van der Waals surface area contributed by atoms with Crippen LogP contribution in [0.5, 0.6) is 0 Å². The molecule has 0 N–H and O–H groups in total. The molecule has 162 valence electrons. The molecule has 0 aliphatic carbocycles. The molecule has 0 atom stereocenters. The van der Waals surface area contributed by atoms with E-state index in [1.54, 1.807) is 12.1 Å². The molecular weight excluding hydrogens is 379 g/mol. The fraction of sp³-hybridized carbons (Fsp3) is 0.542. The highest BCUT2D eigenvalue weighted by molar-refractivity contribution is 5.77. The van der Waals surface area contributed by atoms with E-state index in [4.69, 9.17) is 4.98 Å². The van der Waals surface area contributed by atoms with Gasteiger partial charge in [0.25, 0.3) is 0 Å². The third-order valence-electron chi connectivity index (χ3n) is 5.40. The van der Waals surface area contributed by atoms with Crippen molar-refractivity contribution in [3.05, 3.63) is 52.7 Å². The second-order valence-corrected chi connectivity index (χ2v) is 9.42. The summed E-state index contributed by atoms with van der Waals surface area (Å²) in [5.41, 5.74) is 2.85. The van der Waals surface area contributed by atoms with Gasteiger partial charge in [-0.25, -0.2) is 14.4 Å². The lowest BCUT2D eigenvalue weighted by molar-refractivity contribution is -0.132. The fourth-order valence-corrected chi connectivity index (χ4v) is 3.98. The molecule has 1 saturated heterocycles. The summed E-state index contributed by atoms with van der Waals surface area (Å²) >= 11 is 0. The molecule has 5 nitrogen and oxygen atoms in total. The summed E-state index contributed by atoms with van der Waals surface area (Å²) in [4.78, 5) is 26.3. The predicted octanol–water partition coefficient (Wildman–Crippen LogP) is 4.30. The van der Waals surface area contributed by atoms with Crippen molar-refractivity contribution in [1.82, 2.24) is 14.9 Å². The highest BCUT2D eigenvalue weighted by atomic mass is 19.1. The van der Waals surface area contributed by atoms with E-state index >= 15 is 0 Å². The number of anilines is 1. The molecule has 1 fully saturated rings. The Hall–Kier alpha value is -2.50. The molecule has 0 spiro atoms. The number of carbonyl (C=O) groups excluding carboxylic acids is 1. The first kappa shape index (κ1) is 22.2. The Morgan fingerprint density at radius 3 is 2.57 bits per heavy atom. The number of rotatable bonds is 4. The maximum atomic E-state index is 13.7. The highest BCUT2D eigenvalue weighted by Crippen LogP contribution is 2.26. The lowest BCUT2D eigenvalue weighted by Gasteiger charge is -2.27. The SMILES string of the molecule is Cc1nc(C)c(Cc2cccc(F)c2)c(N2CCCN(C(=O)CC(C)(C)C)CC2)n1. The van der Waals surface area contributed by atoms with Crippen molar-refractivity contribution in [2.75, 3.05) is 31.1 Å². The van der Waals surface area contributed by atoms with Crippen LogP contribution < -0.4 is 4.90 Å². The van der Waals surface area contributed by atoms with Gasteiger partial charge in [-0.15, -0.1) is 0 Å². The van der Waals surface area contributed by atoms with Gasteiger partial charge in [-0.2, -0.15) is 0 Å². The van der Waals surface area contributed by atoms with Gasteiger partial charge in [-0.1, -0.05) is 32.9 Å². The number of halogens is 1. The molecule has 30 heavy (non-hydrogen) atoms. The molecule has 0 radical (unpaired) electrons. The van der Waals surface area contributed by atoms with Gasteiger partial charge in [0.2, 0.25) is 5.91 Å². The lowest BCUT2D eigenvalue weighted by atomic mass is 9.91. The number of carbonyl (C=O) groups is 1. The Morgan fingerprint density at radius 1 is 1.10 bits per heavy atom. The van der Waals surface area contributed by atoms with Crippen LogP contribution in [0.1, 0.15) is 56.3 Å². The largest absolute Gasteiger partial charge is 0.354 e. The molecule has 6 heteroatoms. The van der Waals surface area contributed by atoms with Crippen LogP contribution in [0, 0.1) is 25.1 Å². The van der Waals surface area contributed by atoms with Crippen LogP contribution >= 0.6 is 0 Å². The Bertz CT molecular complexity index is 907. The van der Waals surface area contributed by atoms with Crippen LogP contribution in [0.25, 0.3) is 0 Å². The minimum atomic E-state index is -0.234. The van der Waals surface area contributed by atoms with E-state index in [0.717, 1.165) is 54.5 Å². The van der Waals surface area contributed by atoms with Crippen molar-refractivity contribution >= 4 is 11.7 Å². The average molecular weight is 413 g/mol. The normalized spacial score (nSPS) is 15.3. The van der Waals surface area contributed by atoms with Crippen molar-refractivity contribution in [2.45, 2.75) is 53.9 Å². The van der Waals surface area contributed by atoms with Crippen LogP contribution in [0.2, 0.25) is 0 Å². The number of aromatic nitrogens is 2. The number of aryl methyl sites for hydroxylation is 2. The lowest BCUT2D eigenvalue weighted by Crippen LogP contribution is -2.37. The summed E-state index contributed by atoms with van der Waals surface area (Å²) in [7, 11) is 0. The predicted molar refractivity (Wildman–Crippen MR) is 118 cm³/mol. The average Bonchev–Trinajstić information content (AvgIpc) is 2.88. The van der Waals surface area contributed by atoms with Gasteiger partial charge in [-0.05, 0) is 43.4 Å². The first-order chi connectivity index (χ1) is 14.1. The van der Waals surface area contributed by atoms with E-state index in [1.165, 1.54) is 6.07 Å². The third-order valence-corrected chi connectivity index (χ3v) is 5.40. The van der Waals surface area contributed by atoms with Crippen molar-refractivity contribution in [3.63, 3.8) is 0 Å². The van der Waals surface area contributed by atoms with E-state index < -0.39 is 0 Å². The highest BCUT2D eigenvalue weighted by Gasteiger charge is 2.25. The van der Waals surface area contributed by atoms with Gasteiger partial charge in [0.15, 0.2) is 0 Å². The monoisotopic (exact) mass is 412 g/mol. The van der Waals surface area contributed by atoms with E-state index in [-0.39, 0.29) is 17.1 Å². The molecule has 1 amide bonds. The summed E-state index contributed by atoms with van der Waals surface area (Å²) in [6.07, 6.45) is 2.04. The maximum absolute atomic E-state index is 13.7. The van der Waals surface area contributed by atoms with Crippen LogP contribution in [0.4, 0.5) is 10.2 Å². The zero-order chi connectivity index (χ0) is 21.9. The zero-order valence-corrected chi connectivity index (χ0v) is 18.8. The van der Waals surface area contributed by atoms with Crippen molar-refractivity contribution in [3.8, 4) is 0 Å². The molecular formula is C24H33FN4O. The summed E-state index contributed by atoms with van der Waals surface area (Å²) in [6.45, 7) is 13.2. The number of nitrogens with zero attached hydrogens (tertiary/aromatic N) is 4. The van der Waals surface area contributed by atoms with Crippen LogP contribution in [0.3, 0.4) is 0 Å². The van der Waals surface area contributed by atoms with Gasteiger partial charge >= 0.3 is 0 Å². The van der Waals surface area contributed by atoms with Crippen molar-refractivity contribution in [2.24, 2.45) is 5.41 Å². The first-order valence-electron chi connectivity index (χ1n) is 10.7.